The Hall–Kier alpha value is -2.38. The molecule has 0 bridgehead atoms. The molecule has 4 unspecified atom stereocenters. The lowest BCUT2D eigenvalue weighted by molar-refractivity contribution is -0.155. The van der Waals surface area contributed by atoms with E-state index in [1.54, 1.807) is 0 Å². The highest BCUT2D eigenvalue weighted by molar-refractivity contribution is 5.80. The Balaban J connectivity index is 5.04. The molecule has 0 aliphatic rings. The normalized spacial score (nSPS) is 15.9. The molecule has 0 saturated heterocycles. The van der Waals surface area contributed by atoms with Crippen LogP contribution in [0.3, 0.4) is 0 Å². The average Bonchev–Trinajstić information content (AvgIpc) is 2.53. The summed E-state index contributed by atoms with van der Waals surface area (Å²) in [4.78, 5) is 44.9. The quantitative estimate of drug-likeness (QED) is 0.340. The van der Waals surface area contributed by atoms with Crippen molar-refractivity contribution in [3.63, 3.8) is 0 Å². The number of rotatable bonds is 14. The van der Waals surface area contributed by atoms with Crippen molar-refractivity contribution in [2.45, 2.75) is 52.4 Å². The van der Waals surface area contributed by atoms with Crippen LogP contribution in [0.5, 0.6) is 0 Å². The molecule has 0 radical (unpaired) electrons. The van der Waals surface area contributed by atoms with Crippen LogP contribution in [0.15, 0.2) is 12.2 Å². The van der Waals surface area contributed by atoms with Crippen molar-refractivity contribution in [3.8, 4) is 0 Å². The minimum Gasteiger partial charge on any atom is -0.481 e. The van der Waals surface area contributed by atoms with Gasteiger partial charge in [-0.2, -0.15) is 0 Å². The molecular formula is C18H28O8. The standard InChI is InChI=1S/C18H28O8/c1-3-4-5-11(2)6-8-13(17(23)24)14(18(25)26)9-7-12(16(21)22)10-15(19)20/h4-5,11-14H,3,6-10H2,1-2H3,(H,19,20)(H,21,22)(H,23,24)(H,25,26). The van der Waals surface area contributed by atoms with Gasteiger partial charge in [0.25, 0.3) is 0 Å². The van der Waals surface area contributed by atoms with Crippen LogP contribution in [0, 0.1) is 23.7 Å². The molecular weight excluding hydrogens is 344 g/mol. The Morgan fingerprint density at radius 3 is 1.69 bits per heavy atom. The van der Waals surface area contributed by atoms with Gasteiger partial charge in [0.15, 0.2) is 0 Å². The van der Waals surface area contributed by atoms with Gasteiger partial charge < -0.3 is 20.4 Å². The van der Waals surface area contributed by atoms with Crippen LogP contribution in [-0.2, 0) is 19.2 Å². The summed E-state index contributed by atoms with van der Waals surface area (Å²) in [6.07, 6.45) is 4.37. The molecule has 148 valence electrons. The number of hydrogen-bond acceptors (Lipinski definition) is 4. The van der Waals surface area contributed by atoms with Crippen LogP contribution in [0.2, 0.25) is 0 Å². The van der Waals surface area contributed by atoms with Crippen molar-refractivity contribution >= 4 is 23.9 Å². The summed E-state index contributed by atoms with van der Waals surface area (Å²) in [6, 6.07) is 0. The van der Waals surface area contributed by atoms with E-state index in [1.807, 2.05) is 26.0 Å². The number of aliphatic carboxylic acids is 4. The number of hydrogen-bond donors (Lipinski definition) is 4. The zero-order valence-electron chi connectivity index (χ0n) is 15.1. The summed E-state index contributed by atoms with van der Waals surface area (Å²) < 4.78 is 0. The van der Waals surface area contributed by atoms with E-state index in [2.05, 4.69) is 0 Å². The Morgan fingerprint density at radius 1 is 0.808 bits per heavy atom. The third-order valence-electron chi connectivity index (χ3n) is 4.35. The smallest absolute Gasteiger partial charge is 0.307 e. The molecule has 8 nitrogen and oxygen atoms in total. The predicted molar refractivity (Wildman–Crippen MR) is 92.7 cm³/mol. The third-order valence-corrected chi connectivity index (χ3v) is 4.35. The molecule has 0 rings (SSSR count). The third kappa shape index (κ3) is 9.19. The van der Waals surface area contributed by atoms with Crippen molar-refractivity contribution in [2.24, 2.45) is 23.7 Å². The summed E-state index contributed by atoms with van der Waals surface area (Å²) in [5, 5.41) is 36.6. The van der Waals surface area contributed by atoms with Gasteiger partial charge in [0.2, 0.25) is 0 Å². The number of carbonyl (C=O) groups is 4. The van der Waals surface area contributed by atoms with Crippen LogP contribution >= 0.6 is 0 Å². The molecule has 4 N–H and O–H groups in total. The van der Waals surface area contributed by atoms with E-state index in [-0.39, 0.29) is 25.2 Å². The number of carboxylic acid groups (broad SMARTS) is 4. The van der Waals surface area contributed by atoms with Gasteiger partial charge in [0, 0.05) is 0 Å². The zero-order chi connectivity index (χ0) is 20.3. The highest BCUT2D eigenvalue weighted by Crippen LogP contribution is 2.28. The minimum atomic E-state index is -1.33. The molecule has 0 heterocycles. The molecule has 26 heavy (non-hydrogen) atoms. The lowest BCUT2D eigenvalue weighted by Crippen LogP contribution is -2.31. The molecule has 0 fully saturated rings. The predicted octanol–water partition coefficient (Wildman–Crippen LogP) is 2.73. The summed E-state index contributed by atoms with van der Waals surface area (Å²) in [5.41, 5.74) is 0. The Morgan fingerprint density at radius 2 is 1.31 bits per heavy atom. The lowest BCUT2D eigenvalue weighted by atomic mass is 9.81. The van der Waals surface area contributed by atoms with Crippen LogP contribution in [0.1, 0.15) is 52.4 Å². The van der Waals surface area contributed by atoms with Crippen molar-refractivity contribution in [1.29, 1.82) is 0 Å². The molecule has 0 aromatic rings. The fourth-order valence-corrected chi connectivity index (χ4v) is 2.80. The Bertz CT molecular complexity index is 525. The molecule has 0 aromatic carbocycles. The maximum absolute atomic E-state index is 11.5. The number of carboxylic acids is 4. The minimum absolute atomic E-state index is 0.102. The topological polar surface area (TPSA) is 149 Å². The lowest BCUT2D eigenvalue weighted by Gasteiger charge is -2.22. The van der Waals surface area contributed by atoms with Gasteiger partial charge in [-0.3, -0.25) is 19.2 Å². The van der Waals surface area contributed by atoms with Gasteiger partial charge in [-0.05, 0) is 38.0 Å². The van der Waals surface area contributed by atoms with E-state index < -0.39 is 48.1 Å². The van der Waals surface area contributed by atoms with E-state index in [0.717, 1.165) is 6.42 Å². The molecule has 0 aliphatic heterocycles. The molecule has 0 aromatic heterocycles. The first kappa shape index (κ1) is 23.6. The van der Waals surface area contributed by atoms with Crippen LogP contribution in [-0.4, -0.2) is 44.3 Å². The van der Waals surface area contributed by atoms with E-state index in [9.17, 15) is 29.4 Å². The van der Waals surface area contributed by atoms with Gasteiger partial charge >= 0.3 is 23.9 Å². The van der Waals surface area contributed by atoms with Crippen LogP contribution in [0.25, 0.3) is 0 Å². The second-order valence-corrected chi connectivity index (χ2v) is 6.49. The molecule has 0 aliphatic carbocycles. The van der Waals surface area contributed by atoms with Crippen molar-refractivity contribution < 1.29 is 39.6 Å². The second kappa shape index (κ2) is 12.1. The highest BCUT2D eigenvalue weighted by Gasteiger charge is 2.35. The highest BCUT2D eigenvalue weighted by atomic mass is 16.4. The number of allylic oxidation sites excluding steroid dienone is 2. The zero-order valence-corrected chi connectivity index (χ0v) is 15.1. The fourth-order valence-electron chi connectivity index (χ4n) is 2.80. The molecule has 4 atom stereocenters. The van der Waals surface area contributed by atoms with Gasteiger partial charge in [-0.1, -0.05) is 26.0 Å². The summed E-state index contributed by atoms with van der Waals surface area (Å²) in [5.74, 6) is -8.73. The largest absolute Gasteiger partial charge is 0.481 e. The molecule has 8 heteroatoms. The second-order valence-electron chi connectivity index (χ2n) is 6.49. The fraction of sp³-hybridized carbons (Fsp3) is 0.667. The summed E-state index contributed by atoms with van der Waals surface area (Å²) >= 11 is 0. The van der Waals surface area contributed by atoms with Gasteiger partial charge in [-0.15, -0.1) is 0 Å². The first-order valence-corrected chi connectivity index (χ1v) is 8.66. The van der Waals surface area contributed by atoms with Gasteiger partial charge in [-0.25, -0.2) is 0 Å². The van der Waals surface area contributed by atoms with Crippen molar-refractivity contribution in [3.05, 3.63) is 12.2 Å². The summed E-state index contributed by atoms with van der Waals surface area (Å²) in [7, 11) is 0. The molecule has 0 saturated carbocycles. The molecule has 0 spiro atoms. The summed E-state index contributed by atoms with van der Waals surface area (Å²) in [6.45, 7) is 3.88. The average molecular weight is 372 g/mol. The van der Waals surface area contributed by atoms with E-state index >= 15 is 0 Å². The maximum atomic E-state index is 11.5. The Labute approximate surface area is 152 Å². The van der Waals surface area contributed by atoms with E-state index in [0.29, 0.717) is 6.42 Å². The monoisotopic (exact) mass is 372 g/mol. The van der Waals surface area contributed by atoms with Crippen LogP contribution < -0.4 is 0 Å². The van der Waals surface area contributed by atoms with Crippen molar-refractivity contribution in [2.75, 3.05) is 0 Å². The molecule has 0 amide bonds. The maximum Gasteiger partial charge on any atom is 0.307 e. The Kier molecular flexibility index (Phi) is 10.9. The van der Waals surface area contributed by atoms with Crippen LogP contribution in [0.4, 0.5) is 0 Å². The first-order valence-electron chi connectivity index (χ1n) is 8.66. The van der Waals surface area contributed by atoms with E-state index in [1.165, 1.54) is 0 Å². The van der Waals surface area contributed by atoms with Gasteiger partial charge in [0.1, 0.15) is 0 Å². The van der Waals surface area contributed by atoms with Gasteiger partial charge in [0.05, 0.1) is 24.2 Å². The van der Waals surface area contributed by atoms with E-state index in [4.69, 9.17) is 10.2 Å². The first-order chi connectivity index (χ1) is 12.1. The SMILES string of the molecule is CCC=CC(C)CCC(C(=O)O)C(CCC(CC(=O)O)C(=O)O)C(=O)O. The van der Waals surface area contributed by atoms with Crippen molar-refractivity contribution in [1.82, 2.24) is 0 Å².